The van der Waals surface area contributed by atoms with Gasteiger partial charge in [-0.3, -0.25) is 0 Å². The molecule has 0 heterocycles. The Bertz CT molecular complexity index is 560. The molecule has 0 aliphatic heterocycles. The van der Waals surface area contributed by atoms with Crippen molar-refractivity contribution in [1.29, 1.82) is 0 Å². The Morgan fingerprint density at radius 1 is 0.722 bits per heavy atom. The number of aryl methyl sites for hydroxylation is 1. The highest BCUT2D eigenvalue weighted by Crippen LogP contribution is 2.14. The predicted octanol–water partition coefficient (Wildman–Crippen LogP) is 5.03. The minimum Gasteiger partial charge on any atom is -0.0622 e. The maximum Gasteiger partial charge on any atom is -0.0225 e. The van der Waals surface area contributed by atoms with Crippen LogP contribution in [0.25, 0.3) is 12.2 Å². The molecule has 90 valence electrons. The minimum absolute atomic E-state index is 1.23. The van der Waals surface area contributed by atoms with Gasteiger partial charge in [0, 0.05) is 0 Å². The first-order valence-corrected chi connectivity index (χ1v) is 6.23. The Labute approximate surface area is 109 Å². The number of hydrogen-bond acceptors (Lipinski definition) is 0. The van der Waals surface area contributed by atoms with Crippen LogP contribution in [0.1, 0.15) is 22.3 Å². The van der Waals surface area contributed by atoms with Gasteiger partial charge >= 0.3 is 0 Å². The van der Waals surface area contributed by atoms with Gasteiger partial charge in [-0.15, -0.1) is 0 Å². The summed E-state index contributed by atoms with van der Waals surface area (Å²) in [5.74, 6) is 0. The smallest absolute Gasteiger partial charge is 0.0225 e. The molecule has 18 heavy (non-hydrogen) atoms. The highest BCUT2D eigenvalue weighted by molar-refractivity contribution is 5.59. The summed E-state index contributed by atoms with van der Waals surface area (Å²) in [4.78, 5) is 0. The summed E-state index contributed by atoms with van der Waals surface area (Å²) < 4.78 is 0. The van der Waals surface area contributed by atoms with Crippen LogP contribution >= 0.6 is 0 Å². The zero-order chi connectivity index (χ0) is 12.8. The van der Waals surface area contributed by atoms with Crippen LogP contribution in [0.3, 0.4) is 0 Å². The standard InChI is InChI=1S/C18H18/c1-15-9-8-14-18(16(15)2)13-7-6-12-17-10-4-3-5-11-17/h3-14H,1-2H3. The monoisotopic (exact) mass is 234 g/mol. The van der Waals surface area contributed by atoms with Gasteiger partial charge in [-0.25, -0.2) is 0 Å². The third kappa shape index (κ3) is 3.21. The molecule has 0 nitrogen and oxygen atoms in total. The number of rotatable bonds is 3. The van der Waals surface area contributed by atoms with Crippen molar-refractivity contribution in [3.05, 3.63) is 82.9 Å². The van der Waals surface area contributed by atoms with E-state index in [4.69, 9.17) is 0 Å². The highest BCUT2D eigenvalue weighted by atomic mass is 14.0. The van der Waals surface area contributed by atoms with E-state index in [1.54, 1.807) is 0 Å². The molecule has 0 aromatic heterocycles. The Morgan fingerprint density at radius 3 is 2.22 bits per heavy atom. The van der Waals surface area contributed by atoms with Crippen LogP contribution in [0.4, 0.5) is 0 Å². The maximum atomic E-state index is 2.16. The third-order valence-electron chi connectivity index (χ3n) is 3.12. The van der Waals surface area contributed by atoms with Gasteiger partial charge in [-0.1, -0.05) is 72.8 Å². The van der Waals surface area contributed by atoms with Crippen molar-refractivity contribution in [2.75, 3.05) is 0 Å². The van der Waals surface area contributed by atoms with Crippen molar-refractivity contribution in [1.82, 2.24) is 0 Å². The van der Waals surface area contributed by atoms with Gasteiger partial charge in [-0.05, 0) is 36.1 Å². The average Bonchev–Trinajstić information content (AvgIpc) is 2.40. The molecule has 2 aromatic carbocycles. The van der Waals surface area contributed by atoms with E-state index in [0.717, 1.165) is 0 Å². The van der Waals surface area contributed by atoms with Gasteiger partial charge in [0.2, 0.25) is 0 Å². The minimum atomic E-state index is 1.23. The zero-order valence-electron chi connectivity index (χ0n) is 10.9. The van der Waals surface area contributed by atoms with Crippen LogP contribution in [0, 0.1) is 13.8 Å². The molecule has 0 saturated heterocycles. The summed E-state index contributed by atoms with van der Waals surface area (Å²) in [5, 5.41) is 0. The number of benzene rings is 2. The molecule has 0 heteroatoms. The maximum absolute atomic E-state index is 2.16. The average molecular weight is 234 g/mol. The first-order valence-electron chi connectivity index (χ1n) is 6.23. The van der Waals surface area contributed by atoms with E-state index in [0.29, 0.717) is 0 Å². The van der Waals surface area contributed by atoms with E-state index < -0.39 is 0 Å². The molecule has 0 aliphatic rings. The first kappa shape index (κ1) is 12.4. The van der Waals surface area contributed by atoms with Crippen LogP contribution in [0.2, 0.25) is 0 Å². The Morgan fingerprint density at radius 2 is 1.44 bits per heavy atom. The van der Waals surface area contributed by atoms with Gasteiger partial charge in [-0.2, -0.15) is 0 Å². The number of hydrogen-bond donors (Lipinski definition) is 0. The summed E-state index contributed by atoms with van der Waals surface area (Å²) in [6.45, 7) is 4.31. The molecule has 0 fully saturated rings. The first-order chi connectivity index (χ1) is 8.77. The molecule has 0 saturated carbocycles. The van der Waals surface area contributed by atoms with E-state index in [1.807, 2.05) is 18.2 Å². The van der Waals surface area contributed by atoms with Crippen LogP contribution in [-0.2, 0) is 0 Å². The lowest BCUT2D eigenvalue weighted by Gasteiger charge is -2.02. The van der Waals surface area contributed by atoms with Crippen molar-refractivity contribution in [3.63, 3.8) is 0 Å². The fourth-order valence-corrected chi connectivity index (χ4v) is 1.84. The summed E-state index contributed by atoms with van der Waals surface area (Å²) >= 11 is 0. The summed E-state index contributed by atoms with van der Waals surface area (Å²) in [5.41, 5.74) is 5.20. The summed E-state index contributed by atoms with van der Waals surface area (Å²) in [7, 11) is 0. The molecule has 0 spiro atoms. The van der Waals surface area contributed by atoms with Gasteiger partial charge < -0.3 is 0 Å². The fraction of sp³-hybridized carbons (Fsp3) is 0.111. The third-order valence-corrected chi connectivity index (χ3v) is 3.12. The highest BCUT2D eigenvalue weighted by Gasteiger charge is 1.95. The van der Waals surface area contributed by atoms with Gasteiger partial charge in [0.25, 0.3) is 0 Å². The van der Waals surface area contributed by atoms with Gasteiger partial charge in [0.1, 0.15) is 0 Å². The molecular weight excluding hydrogens is 216 g/mol. The molecule has 0 N–H and O–H groups in total. The summed E-state index contributed by atoms with van der Waals surface area (Å²) in [6, 6.07) is 16.7. The Balaban J connectivity index is 2.08. The fourth-order valence-electron chi connectivity index (χ4n) is 1.84. The Hall–Kier alpha value is -2.08. The van der Waals surface area contributed by atoms with Crippen LogP contribution < -0.4 is 0 Å². The van der Waals surface area contributed by atoms with Crippen molar-refractivity contribution < 1.29 is 0 Å². The van der Waals surface area contributed by atoms with E-state index >= 15 is 0 Å². The topological polar surface area (TPSA) is 0 Å². The molecule has 0 radical (unpaired) electrons. The second kappa shape index (κ2) is 6.02. The normalized spacial score (nSPS) is 11.4. The van der Waals surface area contributed by atoms with Crippen molar-refractivity contribution in [3.8, 4) is 0 Å². The zero-order valence-corrected chi connectivity index (χ0v) is 10.9. The largest absolute Gasteiger partial charge is 0.0622 e. The lowest BCUT2D eigenvalue weighted by molar-refractivity contribution is 1.33. The van der Waals surface area contributed by atoms with E-state index in [2.05, 4.69) is 68.5 Å². The predicted molar refractivity (Wildman–Crippen MR) is 80.4 cm³/mol. The molecule has 0 unspecified atom stereocenters. The second-order valence-corrected chi connectivity index (χ2v) is 4.42. The van der Waals surface area contributed by atoms with Crippen molar-refractivity contribution >= 4 is 12.2 Å². The van der Waals surface area contributed by atoms with E-state index in [9.17, 15) is 0 Å². The molecule has 0 bridgehead atoms. The van der Waals surface area contributed by atoms with Gasteiger partial charge in [0.15, 0.2) is 0 Å². The second-order valence-electron chi connectivity index (χ2n) is 4.42. The molecule has 2 aromatic rings. The lowest BCUT2D eigenvalue weighted by Crippen LogP contribution is -1.83. The van der Waals surface area contributed by atoms with Crippen LogP contribution in [-0.4, -0.2) is 0 Å². The van der Waals surface area contributed by atoms with Crippen molar-refractivity contribution in [2.45, 2.75) is 13.8 Å². The van der Waals surface area contributed by atoms with E-state index in [-0.39, 0.29) is 0 Å². The van der Waals surface area contributed by atoms with Crippen LogP contribution in [0.15, 0.2) is 60.7 Å². The SMILES string of the molecule is Cc1cccc(C=CC=Cc2ccccc2)c1C. The van der Waals surface area contributed by atoms with Crippen LogP contribution in [0.5, 0.6) is 0 Å². The van der Waals surface area contributed by atoms with Gasteiger partial charge in [0.05, 0.1) is 0 Å². The molecule has 0 aliphatic carbocycles. The van der Waals surface area contributed by atoms with E-state index in [1.165, 1.54) is 22.3 Å². The molecule has 2 rings (SSSR count). The lowest BCUT2D eigenvalue weighted by atomic mass is 10.0. The summed E-state index contributed by atoms with van der Waals surface area (Å²) in [6.07, 6.45) is 8.44. The molecular formula is C18H18. The number of allylic oxidation sites excluding steroid dienone is 2. The molecule has 0 atom stereocenters. The van der Waals surface area contributed by atoms with Crippen molar-refractivity contribution in [2.24, 2.45) is 0 Å². The quantitative estimate of drug-likeness (QED) is 0.653. The Kier molecular flexibility index (Phi) is 4.14. The molecule has 0 amide bonds.